The Morgan fingerprint density at radius 3 is 2.54 bits per heavy atom. The minimum absolute atomic E-state index is 0.529. The molecular weight excluding hydrogens is 325 g/mol. The summed E-state index contributed by atoms with van der Waals surface area (Å²) in [5.74, 6) is -2.08. The summed E-state index contributed by atoms with van der Waals surface area (Å²) in [6.45, 7) is 4.25. The lowest BCUT2D eigenvalue weighted by Gasteiger charge is -2.19. The number of hydrogen-bond acceptors (Lipinski definition) is 7. The summed E-state index contributed by atoms with van der Waals surface area (Å²) in [7, 11) is 0. The lowest BCUT2D eigenvalue weighted by Crippen LogP contribution is -2.37. The molecule has 0 unspecified atom stereocenters. The zero-order valence-electron chi connectivity index (χ0n) is 13.4. The zero-order valence-corrected chi connectivity index (χ0v) is 13.4. The number of halogens is 1. The highest BCUT2D eigenvalue weighted by Gasteiger charge is 2.44. The van der Waals surface area contributed by atoms with Crippen LogP contribution in [0.3, 0.4) is 0 Å². The fourth-order valence-corrected chi connectivity index (χ4v) is 2.12. The van der Waals surface area contributed by atoms with E-state index >= 15 is 0 Å². The maximum absolute atomic E-state index is 14.1. The molecule has 0 aliphatic carbocycles. The molecule has 0 aromatic carbocycles. The number of aliphatic hydroxyl groups is 3. The number of amides is 1. The number of ether oxygens (including phenoxy) is 1. The molecule has 1 aliphatic heterocycles. The van der Waals surface area contributed by atoms with Gasteiger partial charge in [-0.1, -0.05) is 20.8 Å². The van der Waals surface area contributed by atoms with Crippen LogP contribution in [0, 0.1) is 11.2 Å². The predicted octanol–water partition coefficient (Wildman–Crippen LogP) is -1.02. The van der Waals surface area contributed by atoms with Crippen LogP contribution in [0.15, 0.2) is 11.0 Å². The zero-order chi connectivity index (χ0) is 18.2. The molecule has 10 heteroatoms. The van der Waals surface area contributed by atoms with Crippen LogP contribution >= 0.6 is 0 Å². The van der Waals surface area contributed by atoms with Gasteiger partial charge >= 0.3 is 5.69 Å². The summed E-state index contributed by atoms with van der Waals surface area (Å²) in [6, 6.07) is 0. The first-order valence-corrected chi connectivity index (χ1v) is 7.29. The second-order valence-electron chi connectivity index (χ2n) is 6.56. The van der Waals surface area contributed by atoms with Crippen LogP contribution in [0.2, 0.25) is 0 Å². The molecule has 1 amide bonds. The Labute approximate surface area is 136 Å². The van der Waals surface area contributed by atoms with Crippen LogP contribution in [0.5, 0.6) is 0 Å². The smallest absolute Gasteiger partial charge is 0.351 e. The minimum Gasteiger partial charge on any atom is -0.394 e. The molecule has 0 radical (unpaired) electrons. The molecule has 1 fully saturated rings. The van der Waals surface area contributed by atoms with Gasteiger partial charge in [0.2, 0.25) is 5.91 Å². The van der Waals surface area contributed by atoms with Gasteiger partial charge in [-0.05, 0) is 0 Å². The van der Waals surface area contributed by atoms with E-state index < -0.39 is 59.8 Å². The Morgan fingerprint density at radius 2 is 2.04 bits per heavy atom. The van der Waals surface area contributed by atoms with Crippen molar-refractivity contribution in [2.24, 2.45) is 5.41 Å². The van der Waals surface area contributed by atoms with Crippen molar-refractivity contribution in [1.29, 1.82) is 0 Å². The van der Waals surface area contributed by atoms with E-state index in [1.165, 1.54) is 0 Å². The summed E-state index contributed by atoms with van der Waals surface area (Å²) in [5.41, 5.74) is -1.80. The topological polar surface area (TPSA) is 134 Å². The van der Waals surface area contributed by atoms with E-state index in [0.29, 0.717) is 10.8 Å². The Hall–Kier alpha value is -1.88. The maximum atomic E-state index is 14.1. The molecule has 2 rings (SSSR count). The normalized spacial score (nSPS) is 27.3. The number of aliphatic hydroxyl groups excluding tert-OH is 3. The number of hydrogen-bond donors (Lipinski definition) is 4. The second kappa shape index (κ2) is 6.55. The first-order valence-electron chi connectivity index (χ1n) is 7.29. The van der Waals surface area contributed by atoms with Gasteiger partial charge in [-0.25, -0.2) is 9.18 Å². The van der Waals surface area contributed by atoms with Crippen molar-refractivity contribution in [3.63, 3.8) is 0 Å². The molecule has 1 aromatic rings. The van der Waals surface area contributed by atoms with Gasteiger partial charge in [0.15, 0.2) is 17.9 Å². The summed E-state index contributed by atoms with van der Waals surface area (Å²) in [4.78, 5) is 27.4. The van der Waals surface area contributed by atoms with Crippen molar-refractivity contribution in [1.82, 2.24) is 9.55 Å². The van der Waals surface area contributed by atoms with Gasteiger partial charge in [-0.15, -0.1) is 0 Å². The Kier molecular flexibility index (Phi) is 5.04. The van der Waals surface area contributed by atoms with Crippen molar-refractivity contribution < 1.29 is 29.2 Å². The van der Waals surface area contributed by atoms with Crippen molar-refractivity contribution in [2.45, 2.75) is 45.3 Å². The SMILES string of the molecule is CC(C)(C)C(=O)Nc1nc(=O)n([C@@H]2O[C@H](CO)[C@@H](O)[C@H]2O)cc1F. The van der Waals surface area contributed by atoms with Gasteiger partial charge in [0.05, 0.1) is 12.8 Å². The molecule has 1 saturated heterocycles. The third kappa shape index (κ3) is 3.46. The molecule has 0 spiro atoms. The molecular formula is C14H20FN3O6. The van der Waals surface area contributed by atoms with Crippen LogP contribution < -0.4 is 11.0 Å². The predicted molar refractivity (Wildman–Crippen MR) is 79.5 cm³/mol. The number of nitrogens with one attached hydrogen (secondary N) is 1. The number of carbonyl (C=O) groups excluding carboxylic acids is 1. The summed E-state index contributed by atoms with van der Waals surface area (Å²) in [5, 5.41) is 30.8. The van der Waals surface area contributed by atoms with Crippen molar-refractivity contribution in [3.05, 3.63) is 22.5 Å². The van der Waals surface area contributed by atoms with E-state index in [1.54, 1.807) is 20.8 Å². The van der Waals surface area contributed by atoms with Crippen LogP contribution in [-0.4, -0.2) is 55.7 Å². The molecule has 0 saturated carbocycles. The lowest BCUT2D eigenvalue weighted by atomic mass is 9.96. The fourth-order valence-electron chi connectivity index (χ4n) is 2.12. The summed E-state index contributed by atoms with van der Waals surface area (Å²) < 4.78 is 20.0. The molecule has 4 atom stereocenters. The highest BCUT2D eigenvalue weighted by Crippen LogP contribution is 2.28. The van der Waals surface area contributed by atoms with Gasteiger partial charge in [-0.2, -0.15) is 4.98 Å². The molecule has 1 aliphatic rings. The lowest BCUT2D eigenvalue weighted by molar-refractivity contribution is -0.123. The van der Waals surface area contributed by atoms with Gasteiger partial charge in [-0.3, -0.25) is 9.36 Å². The van der Waals surface area contributed by atoms with Crippen LogP contribution in [0.25, 0.3) is 0 Å². The first-order chi connectivity index (χ1) is 11.1. The van der Waals surface area contributed by atoms with E-state index in [9.17, 15) is 24.2 Å². The summed E-state index contributed by atoms with van der Waals surface area (Å²) >= 11 is 0. The van der Waals surface area contributed by atoms with E-state index in [-0.39, 0.29) is 0 Å². The van der Waals surface area contributed by atoms with E-state index in [1.807, 2.05) is 0 Å². The van der Waals surface area contributed by atoms with Crippen molar-refractivity contribution >= 4 is 11.7 Å². The van der Waals surface area contributed by atoms with E-state index in [2.05, 4.69) is 10.3 Å². The average molecular weight is 345 g/mol. The quantitative estimate of drug-likeness (QED) is 0.551. The van der Waals surface area contributed by atoms with Gasteiger partial charge in [0, 0.05) is 5.41 Å². The minimum atomic E-state index is -1.55. The third-order valence-corrected chi connectivity index (χ3v) is 3.61. The maximum Gasteiger partial charge on any atom is 0.351 e. The number of nitrogens with zero attached hydrogens (tertiary/aromatic N) is 2. The third-order valence-electron chi connectivity index (χ3n) is 3.61. The van der Waals surface area contributed by atoms with Crippen LogP contribution in [0.1, 0.15) is 27.0 Å². The van der Waals surface area contributed by atoms with Gasteiger partial charge in [0.25, 0.3) is 0 Å². The number of rotatable bonds is 3. The standard InChI is InChI=1S/C14H20FN3O6/c1-14(2,3)12(22)16-10-6(15)4-18(13(23)17-10)11-9(21)8(20)7(5-19)24-11/h4,7-9,11,19-21H,5H2,1-3H3,(H,16,17,22,23)/t7-,8-,9-,11-/m1/s1. The Bertz CT molecular complexity index is 686. The van der Waals surface area contributed by atoms with Crippen LogP contribution in [-0.2, 0) is 9.53 Å². The number of carbonyl (C=O) groups is 1. The van der Waals surface area contributed by atoms with E-state index in [4.69, 9.17) is 9.84 Å². The molecule has 4 N–H and O–H groups in total. The number of anilines is 1. The average Bonchev–Trinajstić information content (AvgIpc) is 2.77. The fraction of sp³-hybridized carbons (Fsp3) is 0.643. The highest BCUT2D eigenvalue weighted by molar-refractivity contribution is 5.93. The van der Waals surface area contributed by atoms with Crippen molar-refractivity contribution in [2.75, 3.05) is 11.9 Å². The first kappa shape index (κ1) is 18.5. The van der Waals surface area contributed by atoms with Crippen LogP contribution in [0.4, 0.5) is 10.2 Å². The molecule has 24 heavy (non-hydrogen) atoms. The molecule has 0 bridgehead atoms. The number of aromatic nitrogens is 2. The second-order valence-corrected chi connectivity index (χ2v) is 6.56. The van der Waals surface area contributed by atoms with Gasteiger partial charge < -0.3 is 25.4 Å². The Morgan fingerprint density at radius 1 is 1.42 bits per heavy atom. The van der Waals surface area contributed by atoms with Gasteiger partial charge in [0.1, 0.15) is 18.3 Å². The Balaban J connectivity index is 2.31. The molecule has 1 aromatic heterocycles. The molecule has 2 heterocycles. The molecule has 134 valence electrons. The highest BCUT2D eigenvalue weighted by atomic mass is 19.1. The summed E-state index contributed by atoms with van der Waals surface area (Å²) in [6.07, 6.45) is -4.78. The van der Waals surface area contributed by atoms with E-state index in [0.717, 1.165) is 0 Å². The monoisotopic (exact) mass is 345 g/mol. The van der Waals surface area contributed by atoms with Crippen molar-refractivity contribution in [3.8, 4) is 0 Å². The molecule has 9 nitrogen and oxygen atoms in total. The largest absolute Gasteiger partial charge is 0.394 e.